The molecule has 0 N–H and O–H groups in total. The molecule has 1 saturated heterocycles. The van der Waals surface area contributed by atoms with E-state index in [1.54, 1.807) is 12.4 Å². The molecule has 3 aromatic heterocycles. The smallest absolute Gasteiger partial charge is 0.274 e. The van der Waals surface area contributed by atoms with Gasteiger partial charge in [0.2, 0.25) is 0 Å². The number of hydrogen-bond acceptors (Lipinski definition) is 5. The molecule has 3 aromatic rings. The molecule has 0 bridgehead atoms. The Morgan fingerprint density at radius 2 is 2.15 bits per heavy atom. The molecule has 1 aliphatic rings. The fourth-order valence-corrected chi connectivity index (χ4v) is 3.84. The molecule has 1 atom stereocenters. The number of rotatable bonds is 3. The molecule has 7 nitrogen and oxygen atoms in total. The van der Waals surface area contributed by atoms with Crippen LogP contribution in [0.2, 0.25) is 0 Å². The van der Waals surface area contributed by atoms with Crippen LogP contribution in [0.3, 0.4) is 0 Å². The van der Waals surface area contributed by atoms with Gasteiger partial charge in [0.15, 0.2) is 5.82 Å². The molecule has 4 heterocycles. The van der Waals surface area contributed by atoms with Crippen LogP contribution in [0.1, 0.15) is 35.9 Å². The minimum Gasteiger partial charge on any atom is -0.361 e. The highest BCUT2D eigenvalue weighted by Gasteiger charge is 2.37. The molecule has 27 heavy (non-hydrogen) atoms. The minimum absolute atomic E-state index is 0.0658. The van der Waals surface area contributed by atoms with Crippen molar-refractivity contribution in [1.82, 2.24) is 24.3 Å². The van der Waals surface area contributed by atoms with Gasteiger partial charge in [-0.25, -0.2) is 9.97 Å². The van der Waals surface area contributed by atoms with Gasteiger partial charge in [-0.1, -0.05) is 6.92 Å². The maximum Gasteiger partial charge on any atom is 0.274 e. The van der Waals surface area contributed by atoms with Crippen molar-refractivity contribution in [2.45, 2.75) is 25.2 Å². The second kappa shape index (κ2) is 6.64. The third-order valence-corrected chi connectivity index (χ3v) is 5.30. The van der Waals surface area contributed by atoms with Gasteiger partial charge in [0.1, 0.15) is 5.69 Å². The topological polar surface area (TPSA) is 66.6 Å². The summed E-state index contributed by atoms with van der Waals surface area (Å²) in [7, 11) is 4.01. The number of anilines is 1. The van der Waals surface area contributed by atoms with Gasteiger partial charge in [-0.05, 0) is 25.0 Å². The van der Waals surface area contributed by atoms with Crippen molar-refractivity contribution in [3.63, 3.8) is 0 Å². The normalized spacial score (nSPS) is 20.0. The van der Waals surface area contributed by atoms with E-state index in [2.05, 4.69) is 33.6 Å². The van der Waals surface area contributed by atoms with Gasteiger partial charge in [0.25, 0.3) is 5.91 Å². The van der Waals surface area contributed by atoms with E-state index >= 15 is 0 Å². The molecule has 0 aliphatic carbocycles. The summed E-state index contributed by atoms with van der Waals surface area (Å²) in [6, 6.07) is 4.10. The van der Waals surface area contributed by atoms with E-state index in [9.17, 15) is 4.79 Å². The van der Waals surface area contributed by atoms with E-state index in [4.69, 9.17) is 4.98 Å². The SMILES string of the molecule is CN(C)c1nc([C@]2(C)CCCN(C(=O)c3cnccn3)C2)cn2cccc12. The summed E-state index contributed by atoms with van der Waals surface area (Å²) in [6.45, 7) is 3.55. The first-order valence-corrected chi connectivity index (χ1v) is 9.19. The first kappa shape index (κ1) is 17.5. The first-order valence-electron chi connectivity index (χ1n) is 9.19. The Balaban J connectivity index is 1.68. The number of fused-ring (bicyclic) bond motifs is 1. The van der Waals surface area contributed by atoms with Crippen LogP contribution in [-0.2, 0) is 5.41 Å². The second-order valence-electron chi connectivity index (χ2n) is 7.63. The third kappa shape index (κ3) is 3.13. The summed E-state index contributed by atoms with van der Waals surface area (Å²) in [6.07, 6.45) is 10.7. The van der Waals surface area contributed by atoms with E-state index in [1.165, 1.54) is 6.20 Å². The minimum atomic E-state index is -0.209. The van der Waals surface area contributed by atoms with Crippen molar-refractivity contribution in [2.75, 3.05) is 32.1 Å². The average Bonchev–Trinajstić information content (AvgIpc) is 3.16. The summed E-state index contributed by atoms with van der Waals surface area (Å²) < 4.78 is 2.12. The molecule has 1 aliphatic heterocycles. The lowest BCUT2D eigenvalue weighted by Crippen LogP contribution is -2.47. The molecular formula is C20H24N6O. The molecule has 1 amide bonds. The highest BCUT2D eigenvalue weighted by Crippen LogP contribution is 2.34. The standard InChI is InChI=1S/C20H24N6O/c1-20(17-13-25-10-4-6-16(25)18(23-17)24(2)3)7-5-11-26(14-20)19(27)15-12-21-8-9-22-15/h4,6,8-10,12-13H,5,7,11,14H2,1-3H3/t20-/m1/s1. The largest absolute Gasteiger partial charge is 0.361 e. The Morgan fingerprint density at radius 1 is 1.30 bits per heavy atom. The molecule has 0 saturated carbocycles. The number of piperidine rings is 1. The quantitative estimate of drug-likeness (QED) is 0.714. The van der Waals surface area contributed by atoms with Gasteiger partial charge in [0.05, 0.1) is 17.4 Å². The molecule has 140 valence electrons. The van der Waals surface area contributed by atoms with Crippen LogP contribution in [0.5, 0.6) is 0 Å². The Morgan fingerprint density at radius 3 is 2.89 bits per heavy atom. The van der Waals surface area contributed by atoms with Crippen molar-refractivity contribution in [3.8, 4) is 0 Å². The average molecular weight is 364 g/mol. The van der Waals surface area contributed by atoms with Crippen LogP contribution in [-0.4, -0.2) is 57.3 Å². The Kier molecular flexibility index (Phi) is 4.30. The van der Waals surface area contributed by atoms with Crippen LogP contribution in [0.25, 0.3) is 5.52 Å². The zero-order valence-electron chi connectivity index (χ0n) is 16.0. The van der Waals surface area contributed by atoms with Crippen LogP contribution >= 0.6 is 0 Å². The molecule has 0 radical (unpaired) electrons. The summed E-state index contributed by atoms with van der Waals surface area (Å²) in [5.41, 5.74) is 2.27. The predicted molar refractivity (Wildman–Crippen MR) is 104 cm³/mol. The number of carbonyl (C=O) groups excluding carboxylic acids is 1. The van der Waals surface area contributed by atoms with Crippen molar-refractivity contribution < 1.29 is 4.79 Å². The molecule has 4 rings (SSSR count). The second-order valence-corrected chi connectivity index (χ2v) is 7.63. The van der Waals surface area contributed by atoms with E-state index < -0.39 is 0 Å². The lowest BCUT2D eigenvalue weighted by molar-refractivity contribution is 0.0641. The lowest BCUT2D eigenvalue weighted by atomic mass is 9.79. The number of carbonyl (C=O) groups is 1. The number of amides is 1. The zero-order valence-corrected chi connectivity index (χ0v) is 16.0. The Labute approximate surface area is 158 Å². The van der Waals surface area contributed by atoms with Crippen molar-refractivity contribution in [3.05, 3.63) is 54.5 Å². The maximum absolute atomic E-state index is 12.9. The third-order valence-electron chi connectivity index (χ3n) is 5.30. The maximum atomic E-state index is 12.9. The lowest BCUT2D eigenvalue weighted by Gasteiger charge is -2.40. The molecule has 7 heteroatoms. The summed E-state index contributed by atoms with van der Waals surface area (Å²) >= 11 is 0. The monoisotopic (exact) mass is 364 g/mol. The van der Waals surface area contributed by atoms with Crippen LogP contribution in [0.15, 0.2) is 43.1 Å². The van der Waals surface area contributed by atoms with Crippen LogP contribution < -0.4 is 4.90 Å². The van der Waals surface area contributed by atoms with Gasteiger partial charge in [-0.2, -0.15) is 0 Å². The van der Waals surface area contributed by atoms with Crippen LogP contribution in [0.4, 0.5) is 5.82 Å². The molecule has 0 aromatic carbocycles. The van der Waals surface area contributed by atoms with Gasteiger partial charge in [-0.3, -0.25) is 9.78 Å². The van der Waals surface area contributed by atoms with Gasteiger partial charge < -0.3 is 14.2 Å². The summed E-state index contributed by atoms with van der Waals surface area (Å²) in [5, 5.41) is 0. The van der Waals surface area contributed by atoms with E-state index in [-0.39, 0.29) is 11.3 Å². The summed E-state index contributed by atoms with van der Waals surface area (Å²) in [4.78, 5) is 29.9. The highest BCUT2D eigenvalue weighted by atomic mass is 16.2. The predicted octanol–water partition coefficient (Wildman–Crippen LogP) is 2.38. The van der Waals surface area contributed by atoms with E-state index in [0.717, 1.165) is 36.4 Å². The van der Waals surface area contributed by atoms with E-state index in [1.807, 2.05) is 36.2 Å². The van der Waals surface area contributed by atoms with Crippen molar-refractivity contribution in [2.24, 2.45) is 0 Å². The van der Waals surface area contributed by atoms with Gasteiger partial charge in [0, 0.05) is 57.4 Å². The molecule has 1 fully saturated rings. The number of likely N-dealkylation sites (tertiary alicyclic amines) is 1. The van der Waals surface area contributed by atoms with Crippen molar-refractivity contribution >= 4 is 17.2 Å². The number of aromatic nitrogens is 4. The fourth-order valence-electron chi connectivity index (χ4n) is 3.84. The highest BCUT2D eigenvalue weighted by molar-refractivity contribution is 5.92. The zero-order chi connectivity index (χ0) is 19.0. The molecular weight excluding hydrogens is 340 g/mol. The molecule has 0 unspecified atom stereocenters. The summed E-state index contributed by atoms with van der Waals surface area (Å²) in [5.74, 6) is 0.875. The number of hydrogen-bond donors (Lipinski definition) is 0. The van der Waals surface area contributed by atoms with Crippen molar-refractivity contribution in [1.29, 1.82) is 0 Å². The van der Waals surface area contributed by atoms with Gasteiger partial charge in [-0.15, -0.1) is 0 Å². The Hall–Kier alpha value is -2.96. The molecule has 0 spiro atoms. The van der Waals surface area contributed by atoms with Gasteiger partial charge >= 0.3 is 0 Å². The van der Waals surface area contributed by atoms with Crippen LogP contribution in [0, 0.1) is 0 Å². The fraction of sp³-hybridized carbons (Fsp3) is 0.400. The first-order chi connectivity index (χ1) is 13.0. The number of nitrogens with zero attached hydrogens (tertiary/aromatic N) is 6. The Bertz CT molecular complexity index is 967. The van der Waals surface area contributed by atoms with E-state index in [0.29, 0.717) is 12.2 Å².